The summed E-state index contributed by atoms with van der Waals surface area (Å²) in [4.78, 5) is 0. The molecule has 1 heteroatoms. The summed E-state index contributed by atoms with van der Waals surface area (Å²) in [5, 5.41) is 3.50. The lowest BCUT2D eigenvalue weighted by molar-refractivity contribution is 0.393. The van der Waals surface area contributed by atoms with Crippen LogP contribution in [0.15, 0.2) is 12.2 Å². The van der Waals surface area contributed by atoms with Crippen LogP contribution in [-0.4, -0.2) is 12.6 Å². The first-order valence-corrected chi connectivity index (χ1v) is 4.95. The van der Waals surface area contributed by atoms with Crippen molar-refractivity contribution in [3.63, 3.8) is 0 Å². The second kappa shape index (κ2) is 6.24. The molecule has 0 heterocycles. The van der Waals surface area contributed by atoms with Crippen LogP contribution in [0.4, 0.5) is 0 Å². The first-order chi connectivity index (χ1) is 5.57. The molecule has 0 amide bonds. The van der Waals surface area contributed by atoms with Gasteiger partial charge in [0, 0.05) is 6.04 Å². The Labute approximate surface area is 77.2 Å². The van der Waals surface area contributed by atoms with Crippen LogP contribution in [0.5, 0.6) is 0 Å². The van der Waals surface area contributed by atoms with Crippen LogP contribution in [0, 0.1) is 5.92 Å². The molecule has 1 nitrogen and oxygen atoms in total. The van der Waals surface area contributed by atoms with Crippen molar-refractivity contribution >= 4 is 0 Å². The highest BCUT2D eigenvalue weighted by Crippen LogP contribution is 2.06. The molecule has 0 aliphatic carbocycles. The average Bonchev–Trinajstić information content (AvgIpc) is 2.02. The van der Waals surface area contributed by atoms with Gasteiger partial charge in [-0.15, -0.1) is 6.58 Å². The first-order valence-electron chi connectivity index (χ1n) is 4.95. The number of hydrogen-bond donors (Lipinski definition) is 1. The van der Waals surface area contributed by atoms with E-state index < -0.39 is 0 Å². The Morgan fingerprint density at radius 2 is 2.00 bits per heavy atom. The molecule has 0 spiro atoms. The molecule has 0 aliphatic heterocycles. The molecule has 0 radical (unpaired) electrons. The number of hydrogen-bond acceptors (Lipinski definition) is 1. The van der Waals surface area contributed by atoms with E-state index in [2.05, 4.69) is 39.6 Å². The molecule has 2 atom stereocenters. The smallest absolute Gasteiger partial charge is 0.00643 e. The van der Waals surface area contributed by atoms with E-state index in [0.717, 1.165) is 18.9 Å². The Hall–Kier alpha value is -0.300. The van der Waals surface area contributed by atoms with Gasteiger partial charge in [0.15, 0.2) is 0 Å². The van der Waals surface area contributed by atoms with Crippen molar-refractivity contribution < 1.29 is 0 Å². The van der Waals surface area contributed by atoms with Crippen molar-refractivity contribution in [1.29, 1.82) is 0 Å². The van der Waals surface area contributed by atoms with Crippen LogP contribution in [0.25, 0.3) is 0 Å². The molecular formula is C11H23N. The molecule has 0 bridgehead atoms. The van der Waals surface area contributed by atoms with Crippen LogP contribution in [-0.2, 0) is 0 Å². The molecule has 1 N–H and O–H groups in total. The minimum Gasteiger partial charge on any atom is -0.314 e. The average molecular weight is 169 g/mol. The summed E-state index contributed by atoms with van der Waals surface area (Å²) in [6.45, 7) is 13.8. The second-order valence-corrected chi connectivity index (χ2v) is 3.84. The van der Waals surface area contributed by atoms with Crippen LogP contribution in [0.2, 0.25) is 0 Å². The Morgan fingerprint density at radius 3 is 2.42 bits per heavy atom. The lowest BCUT2D eigenvalue weighted by Crippen LogP contribution is -2.32. The van der Waals surface area contributed by atoms with Gasteiger partial charge in [0.25, 0.3) is 0 Å². The molecule has 72 valence electrons. The predicted octanol–water partition coefficient (Wildman–Crippen LogP) is 2.98. The lowest BCUT2D eigenvalue weighted by atomic mass is 10.0. The van der Waals surface area contributed by atoms with E-state index in [1.807, 2.05) is 0 Å². The highest BCUT2D eigenvalue weighted by Gasteiger charge is 2.07. The highest BCUT2D eigenvalue weighted by atomic mass is 14.9. The van der Waals surface area contributed by atoms with Crippen molar-refractivity contribution in [2.45, 2.75) is 46.6 Å². The van der Waals surface area contributed by atoms with Gasteiger partial charge in [-0.3, -0.25) is 0 Å². The van der Waals surface area contributed by atoms with Crippen molar-refractivity contribution in [3.05, 3.63) is 12.2 Å². The van der Waals surface area contributed by atoms with Gasteiger partial charge in [-0.2, -0.15) is 0 Å². The largest absolute Gasteiger partial charge is 0.314 e. The number of rotatable bonds is 6. The zero-order valence-corrected chi connectivity index (χ0v) is 8.98. The third-order valence-corrected chi connectivity index (χ3v) is 2.52. The van der Waals surface area contributed by atoms with Crippen molar-refractivity contribution in [3.8, 4) is 0 Å². The minimum atomic E-state index is 0.634. The zero-order valence-electron chi connectivity index (χ0n) is 8.98. The molecule has 2 unspecified atom stereocenters. The minimum absolute atomic E-state index is 0.634. The maximum absolute atomic E-state index is 3.88. The van der Waals surface area contributed by atoms with Gasteiger partial charge in [0.05, 0.1) is 0 Å². The van der Waals surface area contributed by atoms with E-state index >= 15 is 0 Å². The second-order valence-electron chi connectivity index (χ2n) is 3.84. The molecule has 0 aliphatic rings. The fraction of sp³-hybridized carbons (Fsp3) is 0.818. The van der Waals surface area contributed by atoms with Gasteiger partial charge in [-0.1, -0.05) is 25.8 Å². The van der Waals surface area contributed by atoms with Gasteiger partial charge in [0.2, 0.25) is 0 Å². The fourth-order valence-corrected chi connectivity index (χ4v) is 1.07. The normalized spacial score (nSPS) is 15.7. The maximum Gasteiger partial charge on any atom is 0.00643 e. The summed E-state index contributed by atoms with van der Waals surface area (Å²) in [5.74, 6) is 0.773. The van der Waals surface area contributed by atoms with Crippen molar-refractivity contribution in [1.82, 2.24) is 5.32 Å². The monoisotopic (exact) mass is 169 g/mol. The molecule has 0 aromatic rings. The Bertz CT molecular complexity index is 129. The summed E-state index contributed by atoms with van der Waals surface area (Å²) in [6.07, 6.45) is 2.35. The van der Waals surface area contributed by atoms with E-state index in [4.69, 9.17) is 0 Å². The van der Waals surface area contributed by atoms with E-state index in [-0.39, 0.29) is 0 Å². The van der Waals surface area contributed by atoms with Crippen LogP contribution < -0.4 is 5.32 Å². The molecule has 12 heavy (non-hydrogen) atoms. The predicted molar refractivity (Wildman–Crippen MR) is 56.4 cm³/mol. The van der Waals surface area contributed by atoms with Gasteiger partial charge < -0.3 is 5.32 Å². The molecule has 0 rings (SSSR count). The number of nitrogens with one attached hydrogen (secondary N) is 1. The standard InChI is InChI=1S/C11H23N/c1-6-10(4)11(5)12-8-7-9(2)3/h10-12H,2,6-8H2,1,3-5H3. The third-order valence-electron chi connectivity index (χ3n) is 2.52. The SMILES string of the molecule is C=C(C)CCNC(C)C(C)CC. The Morgan fingerprint density at radius 1 is 1.42 bits per heavy atom. The highest BCUT2D eigenvalue weighted by molar-refractivity contribution is 4.88. The Kier molecular flexibility index (Phi) is 6.09. The molecule has 0 saturated heterocycles. The molecule has 0 fully saturated rings. The van der Waals surface area contributed by atoms with Gasteiger partial charge >= 0.3 is 0 Å². The van der Waals surface area contributed by atoms with Crippen molar-refractivity contribution in [2.24, 2.45) is 5.92 Å². The van der Waals surface area contributed by atoms with E-state index in [9.17, 15) is 0 Å². The quantitative estimate of drug-likeness (QED) is 0.603. The molecule has 0 saturated carbocycles. The maximum atomic E-state index is 3.88. The Balaban J connectivity index is 3.43. The van der Waals surface area contributed by atoms with E-state index in [1.165, 1.54) is 12.0 Å². The summed E-state index contributed by atoms with van der Waals surface area (Å²) < 4.78 is 0. The van der Waals surface area contributed by atoms with Crippen LogP contribution in [0.1, 0.15) is 40.5 Å². The van der Waals surface area contributed by atoms with Gasteiger partial charge in [-0.25, -0.2) is 0 Å². The first kappa shape index (κ1) is 11.7. The topological polar surface area (TPSA) is 12.0 Å². The molecule has 0 aromatic heterocycles. The third kappa shape index (κ3) is 5.36. The summed E-state index contributed by atoms with van der Waals surface area (Å²) >= 11 is 0. The van der Waals surface area contributed by atoms with Crippen molar-refractivity contribution in [2.75, 3.05) is 6.54 Å². The summed E-state index contributed by atoms with van der Waals surface area (Å²) in [5.41, 5.74) is 1.26. The summed E-state index contributed by atoms with van der Waals surface area (Å²) in [6, 6.07) is 0.634. The van der Waals surface area contributed by atoms with E-state index in [1.54, 1.807) is 0 Å². The fourth-order valence-electron chi connectivity index (χ4n) is 1.07. The van der Waals surface area contributed by atoms with Crippen LogP contribution in [0.3, 0.4) is 0 Å². The molecular weight excluding hydrogens is 146 g/mol. The molecule has 0 aromatic carbocycles. The zero-order chi connectivity index (χ0) is 9.56. The lowest BCUT2D eigenvalue weighted by Gasteiger charge is -2.19. The van der Waals surface area contributed by atoms with Gasteiger partial charge in [-0.05, 0) is 32.7 Å². The van der Waals surface area contributed by atoms with Gasteiger partial charge in [0.1, 0.15) is 0 Å². The van der Waals surface area contributed by atoms with Crippen LogP contribution >= 0.6 is 0 Å². The van der Waals surface area contributed by atoms with E-state index in [0.29, 0.717) is 6.04 Å². The summed E-state index contributed by atoms with van der Waals surface area (Å²) in [7, 11) is 0.